The molecule has 1 aliphatic carbocycles. The van der Waals surface area contributed by atoms with Crippen LogP contribution in [0.25, 0.3) is 0 Å². The largest absolute Gasteiger partial charge is 0.335 e. The smallest absolute Gasteiger partial charge is 0.319 e. The Balaban J connectivity index is 1.87. The molecule has 4 heteroatoms. The van der Waals surface area contributed by atoms with Crippen molar-refractivity contribution in [1.82, 2.24) is 5.32 Å². The molecule has 1 fully saturated rings. The Morgan fingerprint density at radius 1 is 1.24 bits per heavy atom. The van der Waals surface area contributed by atoms with Crippen molar-refractivity contribution < 1.29 is 4.79 Å². The van der Waals surface area contributed by atoms with Crippen molar-refractivity contribution in [2.45, 2.75) is 58.0 Å². The SMILES string of the molecule is CC(N)c1cccc(NC(=O)NC(C)C2CCCCC2)c1. The molecule has 4 nitrogen and oxygen atoms in total. The summed E-state index contributed by atoms with van der Waals surface area (Å²) in [5.74, 6) is 0.611. The molecule has 0 aliphatic heterocycles. The van der Waals surface area contributed by atoms with E-state index in [-0.39, 0.29) is 18.1 Å². The highest BCUT2D eigenvalue weighted by Crippen LogP contribution is 2.26. The minimum atomic E-state index is -0.130. The molecule has 21 heavy (non-hydrogen) atoms. The van der Waals surface area contributed by atoms with Gasteiger partial charge in [-0.05, 0) is 50.3 Å². The molecule has 2 atom stereocenters. The lowest BCUT2D eigenvalue weighted by Crippen LogP contribution is -2.41. The molecule has 4 N–H and O–H groups in total. The van der Waals surface area contributed by atoms with E-state index in [0.29, 0.717) is 5.92 Å². The van der Waals surface area contributed by atoms with E-state index in [1.165, 1.54) is 32.1 Å². The predicted molar refractivity (Wildman–Crippen MR) is 87.2 cm³/mol. The number of anilines is 1. The quantitative estimate of drug-likeness (QED) is 0.789. The molecule has 0 radical (unpaired) electrons. The fourth-order valence-corrected chi connectivity index (χ4v) is 3.03. The van der Waals surface area contributed by atoms with Crippen LogP contribution in [0.1, 0.15) is 57.6 Å². The Hall–Kier alpha value is -1.55. The molecular weight excluding hydrogens is 262 g/mol. The number of nitrogens with one attached hydrogen (secondary N) is 2. The first kappa shape index (κ1) is 15.8. The minimum Gasteiger partial charge on any atom is -0.335 e. The molecule has 2 rings (SSSR count). The van der Waals surface area contributed by atoms with Gasteiger partial charge in [0.15, 0.2) is 0 Å². The first-order chi connectivity index (χ1) is 10.1. The van der Waals surface area contributed by atoms with Crippen LogP contribution < -0.4 is 16.4 Å². The van der Waals surface area contributed by atoms with E-state index in [9.17, 15) is 4.79 Å². The molecule has 0 spiro atoms. The summed E-state index contributed by atoms with van der Waals surface area (Å²) in [6.45, 7) is 4.04. The molecule has 2 unspecified atom stereocenters. The average molecular weight is 289 g/mol. The second-order valence-electron chi connectivity index (χ2n) is 6.20. The standard InChI is InChI=1S/C17H27N3O/c1-12(18)15-9-6-10-16(11-15)20-17(21)19-13(2)14-7-4-3-5-8-14/h6,9-14H,3-5,7-8,18H2,1-2H3,(H2,19,20,21). The van der Waals surface area contributed by atoms with Gasteiger partial charge in [-0.2, -0.15) is 0 Å². The van der Waals surface area contributed by atoms with E-state index in [1.54, 1.807) is 0 Å². The number of urea groups is 1. The molecule has 1 aliphatic rings. The van der Waals surface area contributed by atoms with E-state index in [0.717, 1.165) is 11.3 Å². The number of amides is 2. The Bertz CT molecular complexity index is 467. The molecule has 0 heterocycles. The Morgan fingerprint density at radius 2 is 1.95 bits per heavy atom. The van der Waals surface area contributed by atoms with Gasteiger partial charge in [0.2, 0.25) is 0 Å². The van der Waals surface area contributed by atoms with Gasteiger partial charge in [0.1, 0.15) is 0 Å². The van der Waals surface area contributed by atoms with Crippen LogP contribution in [0.15, 0.2) is 24.3 Å². The van der Waals surface area contributed by atoms with Crippen LogP contribution in [0.3, 0.4) is 0 Å². The number of rotatable bonds is 4. The molecular formula is C17H27N3O. The summed E-state index contributed by atoms with van der Waals surface area (Å²) in [6, 6.07) is 7.76. The molecule has 1 aromatic carbocycles. The highest BCUT2D eigenvalue weighted by atomic mass is 16.2. The third-order valence-electron chi connectivity index (χ3n) is 4.39. The fourth-order valence-electron chi connectivity index (χ4n) is 3.03. The topological polar surface area (TPSA) is 67.1 Å². The van der Waals surface area contributed by atoms with Crippen molar-refractivity contribution in [3.8, 4) is 0 Å². The van der Waals surface area contributed by atoms with Crippen LogP contribution in [-0.4, -0.2) is 12.1 Å². The maximum absolute atomic E-state index is 12.1. The van der Waals surface area contributed by atoms with E-state index in [2.05, 4.69) is 17.6 Å². The Morgan fingerprint density at radius 3 is 2.62 bits per heavy atom. The van der Waals surface area contributed by atoms with Crippen molar-refractivity contribution >= 4 is 11.7 Å². The zero-order chi connectivity index (χ0) is 15.2. The summed E-state index contributed by atoms with van der Waals surface area (Å²) in [6.07, 6.45) is 6.35. The number of carbonyl (C=O) groups excluding carboxylic acids is 1. The Kier molecular flexibility index (Phi) is 5.62. The first-order valence-corrected chi connectivity index (χ1v) is 7.99. The number of carbonyl (C=O) groups is 1. The zero-order valence-corrected chi connectivity index (χ0v) is 13.1. The second kappa shape index (κ2) is 7.46. The third kappa shape index (κ3) is 4.74. The van der Waals surface area contributed by atoms with E-state index < -0.39 is 0 Å². The van der Waals surface area contributed by atoms with Crippen LogP contribution in [0, 0.1) is 5.92 Å². The first-order valence-electron chi connectivity index (χ1n) is 7.99. The predicted octanol–water partition coefficient (Wildman–Crippen LogP) is 3.80. The molecule has 0 bridgehead atoms. The van der Waals surface area contributed by atoms with E-state index >= 15 is 0 Å². The van der Waals surface area contributed by atoms with Gasteiger partial charge in [0.05, 0.1) is 0 Å². The Labute approximate surface area is 127 Å². The van der Waals surface area contributed by atoms with Gasteiger partial charge in [-0.1, -0.05) is 31.4 Å². The normalized spacial score (nSPS) is 18.8. The summed E-state index contributed by atoms with van der Waals surface area (Å²) in [5, 5.41) is 5.97. The maximum Gasteiger partial charge on any atom is 0.319 e. The zero-order valence-electron chi connectivity index (χ0n) is 13.1. The number of benzene rings is 1. The number of nitrogens with two attached hydrogens (primary N) is 1. The highest BCUT2D eigenvalue weighted by Gasteiger charge is 2.21. The van der Waals surface area contributed by atoms with Crippen molar-refractivity contribution in [1.29, 1.82) is 0 Å². The highest BCUT2D eigenvalue weighted by molar-refractivity contribution is 5.89. The van der Waals surface area contributed by atoms with Crippen molar-refractivity contribution in [3.63, 3.8) is 0 Å². The van der Waals surface area contributed by atoms with E-state index in [1.807, 2.05) is 31.2 Å². The minimum absolute atomic E-state index is 0.0315. The lowest BCUT2D eigenvalue weighted by Gasteiger charge is -2.28. The second-order valence-corrected chi connectivity index (χ2v) is 6.20. The van der Waals surface area contributed by atoms with Crippen LogP contribution in [0.2, 0.25) is 0 Å². The summed E-state index contributed by atoms with van der Waals surface area (Å²) in [7, 11) is 0. The van der Waals surface area contributed by atoms with Crippen molar-refractivity contribution in [3.05, 3.63) is 29.8 Å². The average Bonchev–Trinajstić information content (AvgIpc) is 2.48. The monoisotopic (exact) mass is 289 g/mol. The summed E-state index contributed by atoms with van der Waals surface area (Å²) in [5.41, 5.74) is 7.67. The number of hydrogen-bond acceptors (Lipinski definition) is 2. The fraction of sp³-hybridized carbons (Fsp3) is 0.588. The van der Waals surface area contributed by atoms with Gasteiger partial charge in [0, 0.05) is 17.8 Å². The molecule has 116 valence electrons. The van der Waals surface area contributed by atoms with Gasteiger partial charge < -0.3 is 16.4 Å². The van der Waals surface area contributed by atoms with Crippen molar-refractivity contribution in [2.75, 3.05) is 5.32 Å². The summed E-state index contributed by atoms with van der Waals surface area (Å²) in [4.78, 5) is 12.1. The molecule has 1 aromatic rings. The van der Waals surface area contributed by atoms with Gasteiger partial charge in [-0.15, -0.1) is 0 Å². The van der Waals surface area contributed by atoms with E-state index in [4.69, 9.17) is 5.73 Å². The molecule has 0 aromatic heterocycles. The summed E-state index contributed by atoms with van der Waals surface area (Å²) < 4.78 is 0. The molecule has 0 saturated heterocycles. The van der Waals surface area contributed by atoms with Gasteiger partial charge in [-0.25, -0.2) is 4.79 Å². The van der Waals surface area contributed by atoms with Gasteiger partial charge >= 0.3 is 6.03 Å². The summed E-state index contributed by atoms with van der Waals surface area (Å²) >= 11 is 0. The molecule has 1 saturated carbocycles. The van der Waals surface area contributed by atoms with Crippen LogP contribution >= 0.6 is 0 Å². The van der Waals surface area contributed by atoms with Crippen molar-refractivity contribution in [2.24, 2.45) is 11.7 Å². The van der Waals surface area contributed by atoms with Crippen LogP contribution in [-0.2, 0) is 0 Å². The lowest BCUT2D eigenvalue weighted by atomic mass is 9.85. The number of hydrogen-bond donors (Lipinski definition) is 3. The van der Waals surface area contributed by atoms with Crippen LogP contribution in [0.4, 0.5) is 10.5 Å². The maximum atomic E-state index is 12.1. The third-order valence-corrected chi connectivity index (χ3v) is 4.39. The van der Waals surface area contributed by atoms with Gasteiger partial charge in [0.25, 0.3) is 0 Å². The van der Waals surface area contributed by atoms with Crippen LogP contribution in [0.5, 0.6) is 0 Å². The molecule has 2 amide bonds. The van der Waals surface area contributed by atoms with Gasteiger partial charge in [-0.3, -0.25) is 0 Å². The lowest BCUT2D eigenvalue weighted by molar-refractivity contribution is 0.235.